The molecule has 0 aliphatic carbocycles. The number of carbonyl (C=O) groups excluding carboxylic acids is 2. The number of nitrogens with one attached hydrogen (secondary N) is 1. The summed E-state index contributed by atoms with van der Waals surface area (Å²) in [6.45, 7) is 10.4. The van der Waals surface area contributed by atoms with E-state index in [1.807, 2.05) is 19.1 Å². The first-order valence-electron chi connectivity index (χ1n) is 15.9. The predicted molar refractivity (Wildman–Crippen MR) is 180 cm³/mol. The van der Waals surface area contributed by atoms with Gasteiger partial charge in [0.05, 0.1) is 37.1 Å². The van der Waals surface area contributed by atoms with E-state index in [4.69, 9.17) is 18.5 Å². The van der Waals surface area contributed by atoms with E-state index in [-0.39, 0.29) is 36.8 Å². The summed E-state index contributed by atoms with van der Waals surface area (Å²) in [6.07, 6.45) is 0.479. The highest BCUT2D eigenvalue weighted by atomic mass is 31.2. The number of nitrogens with zero attached hydrogens (tertiary/aromatic N) is 6. The normalized spacial score (nSPS) is 19.9. The number of rotatable bonds is 14. The molecule has 2 aromatic carbocycles. The van der Waals surface area contributed by atoms with Crippen molar-refractivity contribution in [2.45, 2.75) is 84.1 Å². The van der Waals surface area contributed by atoms with Gasteiger partial charge in [0.15, 0.2) is 29.3 Å². The van der Waals surface area contributed by atoms with Crippen LogP contribution in [0.5, 0.6) is 0 Å². The molecule has 0 saturated carbocycles. The Labute approximate surface area is 281 Å². The predicted octanol–water partition coefficient (Wildman–Crippen LogP) is 6.27. The van der Waals surface area contributed by atoms with Gasteiger partial charge in [0.2, 0.25) is 0 Å². The summed E-state index contributed by atoms with van der Waals surface area (Å²) in [5.74, 6) is -0.669. The number of fused-ring (bicyclic) bond motifs is 1. The van der Waals surface area contributed by atoms with Crippen molar-refractivity contribution in [2.24, 2.45) is 0 Å². The number of anilines is 1. The van der Waals surface area contributed by atoms with Crippen molar-refractivity contribution in [2.75, 3.05) is 11.9 Å². The molecule has 5 atom stereocenters. The van der Waals surface area contributed by atoms with E-state index in [1.54, 1.807) is 53.1 Å². The van der Waals surface area contributed by atoms with Crippen LogP contribution in [0.3, 0.4) is 0 Å². The van der Waals surface area contributed by atoms with Crippen molar-refractivity contribution in [3.8, 4) is 6.07 Å². The van der Waals surface area contributed by atoms with E-state index < -0.39 is 39.0 Å². The van der Waals surface area contributed by atoms with Gasteiger partial charge in [-0.1, -0.05) is 43.3 Å². The fourth-order valence-electron chi connectivity index (χ4n) is 5.58. The van der Waals surface area contributed by atoms with Crippen LogP contribution in [-0.4, -0.2) is 73.1 Å². The minimum Gasteiger partial charge on any atom is -0.451 e. The molecule has 5 rings (SSSR count). The third kappa shape index (κ3) is 7.86. The van der Waals surface area contributed by atoms with Crippen LogP contribution in [-0.2, 0) is 18.5 Å². The Morgan fingerprint density at radius 1 is 1.00 bits per heavy atom. The molecule has 1 fully saturated rings. The molecule has 3 unspecified atom stereocenters. The van der Waals surface area contributed by atoms with Gasteiger partial charge in [0.1, 0.15) is 12.4 Å². The molecule has 1 amide bonds. The van der Waals surface area contributed by atoms with Gasteiger partial charge in [-0.05, 0) is 58.4 Å². The Hall–Kier alpha value is -4.31. The van der Waals surface area contributed by atoms with E-state index in [2.05, 4.69) is 58.7 Å². The third-order valence-corrected chi connectivity index (χ3v) is 9.84. The molecular weight excluding hydrogens is 633 g/mol. The monoisotopic (exact) mass is 673 g/mol. The zero-order chi connectivity index (χ0) is 34.2. The van der Waals surface area contributed by atoms with Gasteiger partial charge in [-0.25, -0.2) is 24.4 Å². The lowest BCUT2D eigenvalue weighted by Gasteiger charge is -2.38. The molecule has 1 aliphatic heterocycles. The first kappa shape index (κ1) is 35.0. The van der Waals surface area contributed by atoms with Crippen LogP contribution in [0.25, 0.3) is 11.2 Å². The van der Waals surface area contributed by atoms with Gasteiger partial charge >= 0.3 is 5.97 Å². The standard InChI is InChI=1S/C34H40N7O6P/c1-6-26-28(47-48(44-19-13-18-35)41(22(2)3)23(4)5)29(46-34(43)25-16-11-8-12-17-25)33(45-26)40-21-38-27-30(36-20-37-31(27)40)39-32(42)24-14-9-7-10-15-24/h7-12,14-17,20-23,26,28-29,33H,6,13,19H2,1-5H3,(H,36,37,39,42)/t26-,28?,29?,33-,48?/m1/s1. The van der Waals surface area contributed by atoms with Gasteiger partial charge in [0, 0.05) is 17.6 Å². The van der Waals surface area contributed by atoms with Gasteiger partial charge in [-0.15, -0.1) is 0 Å². The molecule has 3 heterocycles. The summed E-state index contributed by atoms with van der Waals surface area (Å²) in [6, 6.07) is 19.7. The van der Waals surface area contributed by atoms with Gasteiger partial charge in [0.25, 0.3) is 14.4 Å². The van der Waals surface area contributed by atoms with E-state index >= 15 is 0 Å². The summed E-state index contributed by atoms with van der Waals surface area (Å²) in [7, 11) is -1.70. The number of benzene rings is 2. The van der Waals surface area contributed by atoms with E-state index in [0.29, 0.717) is 28.7 Å². The molecule has 1 aliphatic rings. The van der Waals surface area contributed by atoms with Crippen molar-refractivity contribution in [3.05, 3.63) is 84.4 Å². The molecule has 2 aromatic heterocycles. The van der Waals surface area contributed by atoms with Gasteiger partial charge < -0.3 is 23.8 Å². The van der Waals surface area contributed by atoms with Crippen LogP contribution >= 0.6 is 8.53 Å². The largest absolute Gasteiger partial charge is 0.451 e. The lowest BCUT2D eigenvalue weighted by atomic mass is 10.1. The van der Waals surface area contributed by atoms with Gasteiger partial charge in [-0.3, -0.25) is 9.36 Å². The zero-order valence-electron chi connectivity index (χ0n) is 27.6. The Morgan fingerprint density at radius 2 is 1.67 bits per heavy atom. The molecule has 0 bridgehead atoms. The average molecular weight is 674 g/mol. The second kappa shape index (κ2) is 16.2. The van der Waals surface area contributed by atoms with E-state index in [1.165, 1.54) is 12.7 Å². The van der Waals surface area contributed by atoms with Gasteiger partial charge in [-0.2, -0.15) is 5.26 Å². The molecule has 1 N–H and O–H groups in total. The van der Waals surface area contributed by atoms with E-state index in [0.717, 1.165) is 0 Å². The highest BCUT2D eigenvalue weighted by molar-refractivity contribution is 7.44. The smallest absolute Gasteiger partial charge is 0.338 e. The van der Waals surface area contributed by atoms with Crippen molar-refractivity contribution < 1.29 is 28.1 Å². The lowest BCUT2D eigenvalue weighted by molar-refractivity contribution is -0.0476. The van der Waals surface area contributed by atoms with Crippen LogP contribution in [0.15, 0.2) is 73.3 Å². The fourth-order valence-corrected chi connectivity index (χ4v) is 7.35. The summed E-state index contributed by atoms with van der Waals surface area (Å²) >= 11 is 0. The summed E-state index contributed by atoms with van der Waals surface area (Å²) in [4.78, 5) is 39.8. The quantitative estimate of drug-likeness (QED) is 0.0915. The summed E-state index contributed by atoms with van der Waals surface area (Å²) in [5.41, 5.74) is 1.54. The zero-order valence-corrected chi connectivity index (χ0v) is 28.5. The maximum Gasteiger partial charge on any atom is 0.338 e. The molecule has 0 spiro atoms. The van der Waals surface area contributed by atoms with Crippen LogP contribution in [0.1, 0.15) is 74.4 Å². The number of imidazole rings is 1. The molecule has 13 nitrogen and oxygen atoms in total. The fraction of sp³-hybridized carbons (Fsp3) is 0.412. The second-order valence-electron chi connectivity index (χ2n) is 11.7. The average Bonchev–Trinajstić information content (AvgIpc) is 3.66. The Morgan fingerprint density at radius 3 is 2.29 bits per heavy atom. The highest BCUT2D eigenvalue weighted by Gasteiger charge is 2.51. The van der Waals surface area contributed by atoms with Crippen LogP contribution in [0.4, 0.5) is 5.82 Å². The van der Waals surface area contributed by atoms with Crippen molar-refractivity contribution in [1.82, 2.24) is 24.2 Å². The third-order valence-electron chi connectivity index (χ3n) is 7.72. The van der Waals surface area contributed by atoms with Crippen LogP contribution < -0.4 is 5.32 Å². The Bertz CT molecular complexity index is 1710. The Balaban J connectivity index is 1.52. The lowest BCUT2D eigenvalue weighted by Crippen LogP contribution is -2.40. The van der Waals surface area contributed by atoms with Crippen molar-refractivity contribution >= 4 is 37.4 Å². The van der Waals surface area contributed by atoms with E-state index in [9.17, 15) is 14.9 Å². The molecule has 4 aromatic rings. The topological polar surface area (TPSA) is 154 Å². The van der Waals surface area contributed by atoms with Crippen molar-refractivity contribution in [3.63, 3.8) is 0 Å². The highest BCUT2D eigenvalue weighted by Crippen LogP contribution is 2.51. The molecule has 0 radical (unpaired) electrons. The molecule has 14 heteroatoms. The summed E-state index contributed by atoms with van der Waals surface area (Å²) in [5, 5.41) is 12.0. The second-order valence-corrected chi connectivity index (χ2v) is 13.1. The molecule has 1 saturated heterocycles. The molecule has 48 heavy (non-hydrogen) atoms. The maximum atomic E-state index is 13.6. The minimum atomic E-state index is -1.70. The number of hydrogen-bond acceptors (Lipinski definition) is 11. The number of ether oxygens (including phenoxy) is 2. The van der Waals surface area contributed by atoms with Crippen LogP contribution in [0.2, 0.25) is 0 Å². The Kier molecular flexibility index (Phi) is 11.8. The first-order chi connectivity index (χ1) is 23.2. The molecule has 252 valence electrons. The number of hydrogen-bond donors (Lipinski definition) is 1. The number of amides is 1. The number of carbonyl (C=O) groups is 2. The minimum absolute atomic E-state index is 0.0560. The summed E-state index contributed by atoms with van der Waals surface area (Å²) < 4.78 is 29.6. The van der Waals surface area contributed by atoms with Crippen LogP contribution in [0, 0.1) is 11.3 Å². The first-order valence-corrected chi connectivity index (χ1v) is 17.1. The number of esters is 1. The SMILES string of the molecule is CC[C@H]1O[C@@H](n2cnc3c(NC(=O)c4ccccc4)ncnc32)C(OC(=O)c2ccccc2)C1OP(OCCC#N)N(C(C)C)C(C)C. The number of nitriles is 1. The maximum absolute atomic E-state index is 13.6. The molecular formula is C34H40N7O6P. The number of aromatic nitrogens is 4. The van der Waals surface area contributed by atoms with Crippen molar-refractivity contribution in [1.29, 1.82) is 5.26 Å².